The van der Waals surface area contributed by atoms with E-state index in [1.54, 1.807) is 12.1 Å². The maximum atomic E-state index is 12.5. The molecule has 1 aliphatic rings. The highest BCUT2D eigenvalue weighted by molar-refractivity contribution is 6.21. The summed E-state index contributed by atoms with van der Waals surface area (Å²) in [6.45, 7) is 1.13. The van der Waals surface area contributed by atoms with Crippen molar-refractivity contribution in [1.29, 1.82) is 0 Å². The van der Waals surface area contributed by atoms with Gasteiger partial charge in [0.05, 0.1) is 34.8 Å². The lowest BCUT2D eigenvalue weighted by molar-refractivity contribution is -0.385. The number of hydrogen-bond donors (Lipinski definition) is 1. The lowest BCUT2D eigenvalue weighted by atomic mass is 9.95. The molecule has 0 radical (unpaired) electrons. The molecule has 0 fully saturated rings. The van der Waals surface area contributed by atoms with Crippen LogP contribution in [-0.2, 0) is 20.9 Å². The van der Waals surface area contributed by atoms with Crippen LogP contribution in [0, 0.1) is 10.1 Å². The van der Waals surface area contributed by atoms with Gasteiger partial charge in [-0.2, -0.15) is 0 Å². The van der Waals surface area contributed by atoms with Crippen LogP contribution in [0.5, 0.6) is 0 Å². The summed E-state index contributed by atoms with van der Waals surface area (Å²) < 4.78 is 4.74. The summed E-state index contributed by atoms with van der Waals surface area (Å²) in [6.07, 6.45) is 0. The lowest BCUT2D eigenvalue weighted by Crippen LogP contribution is -2.29. The van der Waals surface area contributed by atoms with Crippen LogP contribution in [-0.4, -0.2) is 45.3 Å². The first kappa shape index (κ1) is 20.6. The molecule has 0 aliphatic carbocycles. The molecule has 2 aromatic carbocycles. The third-order valence-corrected chi connectivity index (χ3v) is 4.59. The summed E-state index contributed by atoms with van der Waals surface area (Å²) in [4.78, 5) is 60.4. The molecule has 1 atom stereocenters. The standard InChI is InChI=1S/C20H16N2O8/c1-2-30-20(27)16(19(25)26)14-9-11(7-8-15(14)22(28)29)10-21-17(23)12-5-3-4-6-13(12)18(21)24/h3-9,16H,2,10H2,1H3,(H,25,26). The second-order valence-corrected chi connectivity index (χ2v) is 6.42. The minimum Gasteiger partial charge on any atom is -0.480 e. The maximum absolute atomic E-state index is 12.5. The quantitative estimate of drug-likeness (QED) is 0.239. The molecule has 154 valence electrons. The zero-order valence-electron chi connectivity index (χ0n) is 15.7. The highest BCUT2D eigenvalue weighted by Gasteiger charge is 2.38. The number of hydrogen-bond acceptors (Lipinski definition) is 7. The van der Waals surface area contributed by atoms with E-state index < -0.39 is 40.3 Å². The van der Waals surface area contributed by atoms with Crippen molar-refractivity contribution in [3.63, 3.8) is 0 Å². The Bertz CT molecular complexity index is 1040. The topological polar surface area (TPSA) is 144 Å². The van der Waals surface area contributed by atoms with Crippen LogP contribution < -0.4 is 0 Å². The van der Waals surface area contributed by atoms with E-state index in [2.05, 4.69) is 0 Å². The SMILES string of the molecule is CCOC(=O)C(C(=O)O)c1cc(CN2C(=O)c3ccccc3C2=O)ccc1[N+](=O)[O-]. The molecule has 1 heterocycles. The average Bonchev–Trinajstić information content (AvgIpc) is 2.93. The minimum atomic E-state index is -1.92. The third kappa shape index (κ3) is 3.62. The number of esters is 1. The van der Waals surface area contributed by atoms with Gasteiger partial charge in [-0.25, -0.2) is 0 Å². The molecule has 10 nitrogen and oxygen atoms in total. The first-order valence-electron chi connectivity index (χ1n) is 8.88. The Hall–Kier alpha value is -4.08. The molecule has 1 N–H and O–H groups in total. The van der Waals surface area contributed by atoms with Crippen molar-refractivity contribution in [2.45, 2.75) is 19.4 Å². The molecule has 0 saturated carbocycles. The van der Waals surface area contributed by atoms with E-state index in [4.69, 9.17) is 4.74 Å². The fourth-order valence-electron chi connectivity index (χ4n) is 3.25. The van der Waals surface area contributed by atoms with Crippen LogP contribution >= 0.6 is 0 Å². The zero-order valence-corrected chi connectivity index (χ0v) is 15.7. The number of amides is 2. The molecule has 1 unspecified atom stereocenters. The van der Waals surface area contributed by atoms with E-state index in [1.165, 1.54) is 25.1 Å². The summed E-state index contributed by atoms with van der Waals surface area (Å²) in [5.74, 6) is -5.75. The van der Waals surface area contributed by atoms with Gasteiger partial charge in [0.2, 0.25) is 0 Å². The van der Waals surface area contributed by atoms with Crippen LogP contribution in [0.2, 0.25) is 0 Å². The molecule has 0 bridgehead atoms. The smallest absolute Gasteiger partial charge is 0.325 e. The fraction of sp³-hybridized carbons (Fsp3) is 0.200. The number of carboxylic acids is 1. The number of benzene rings is 2. The molecule has 30 heavy (non-hydrogen) atoms. The van der Waals surface area contributed by atoms with E-state index >= 15 is 0 Å². The third-order valence-electron chi connectivity index (χ3n) is 4.59. The molecule has 0 aromatic heterocycles. The number of carbonyl (C=O) groups excluding carboxylic acids is 3. The normalized spacial score (nSPS) is 13.7. The van der Waals surface area contributed by atoms with Crippen LogP contribution in [0.15, 0.2) is 42.5 Å². The fourth-order valence-corrected chi connectivity index (χ4v) is 3.25. The Kier molecular flexibility index (Phi) is 5.58. The zero-order chi connectivity index (χ0) is 22.0. The van der Waals surface area contributed by atoms with Crippen LogP contribution in [0.25, 0.3) is 0 Å². The predicted molar refractivity (Wildman–Crippen MR) is 101 cm³/mol. The van der Waals surface area contributed by atoms with Gasteiger partial charge < -0.3 is 9.84 Å². The summed E-state index contributed by atoms with van der Waals surface area (Å²) >= 11 is 0. The number of imide groups is 1. The van der Waals surface area contributed by atoms with E-state index in [0.717, 1.165) is 17.0 Å². The van der Waals surface area contributed by atoms with E-state index in [0.29, 0.717) is 0 Å². The van der Waals surface area contributed by atoms with Gasteiger partial charge in [0, 0.05) is 6.07 Å². The number of nitrogens with zero attached hydrogens (tertiary/aromatic N) is 2. The molecular weight excluding hydrogens is 396 g/mol. The second-order valence-electron chi connectivity index (χ2n) is 6.42. The average molecular weight is 412 g/mol. The lowest BCUT2D eigenvalue weighted by Gasteiger charge is -2.16. The van der Waals surface area contributed by atoms with Crippen molar-refractivity contribution in [3.05, 3.63) is 74.8 Å². The highest BCUT2D eigenvalue weighted by Crippen LogP contribution is 2.31. The van der Waals surface area contributed by atoms with Gasteiger partial charge in [-0.3, -0.25) is 34.2 Å². The highest BCUT2D eigenvalue weighted by atomic mass is 16.6. The maximum Gasteiger partial charge on any atom is 0.325 e. The second kappa shape index (κ2) is 8.11. The van der Waals surface area contributed by atoms with Crippen LogP contribution in [0.1, 0.15) is 44.7 Å². The summed E-state index contributed by atoms with van der Waals surface area (Å²) in [6, 6.07) is 9.74. The number of carbonyl (C=O) groups is 4. The van der Waals surface area contributed by atoms with Gasteiger partial charge >= 0.3 is 11.9 Å². The molecule has 3 rings (SSSR count). The number of carboxylic acid groups (broad SMARTS) is 1. The first-order valence-corrected chi connectivity index (χ1v) is 8.88. The van der Waals surface area contributed by atoms with Gasteiger partial charge in [0.25, 0.3) is 17.5 Å². The van der Waals surface area contributed by atoms with Crippen molar-refractivity contribution >= 4 is 29.4 Å². The van der Waals surface area contributed by atoms with Crippen molar-refractivity contribution in [2.24, 2.45) is 0 Å². The number of nitro benzene ring substituents is 1. The van der Waals surface area contributed by atoms with Crippen molar-refractivity contribution in [3.8, 4) is 0 Å². The molecule has 1 aliphatic heterocycles. The number of aliphatic carboxylic acids is 1. The molecular formula is C20H16N2O8. The van der Waals surface area contributed by atoms with Crippen LogP contribution in [0.4, 0.5) is 5.69 Å². The largest absolute Gasteiger partial charge is 0.480 e. The van der Waals surface area contributed by atoms with Gasteiger partial charge in [-0.15, -0.1) is 0 Å². The molecule has 10 heteroatoms. The number of nitro groups is 1. The molecule has 2 amide bonds. The van der Waals surface area contributed by atoms with Gasteiger partial charge in [-0.05, 0) is 30.7 Å². The van der Waals surface area contributed by atoms with Crippen molar-refractivity contribution in [1.82, 2.24) is 4.90 Å². The van der Waals surface area contributed by atoms with Crippen LogP contribution in [0.3, 0.4) is 0 Å². The van der Waals surface area contributed by atoms with E-state index in [-0.39, 0.29) is 35.4 Å². The number of rotatable bonds is 7. The van der Waals surface area contributed by atoms with Gasteiger partial charge in [-0.1, -0.05) is 18.2 Å². The number of ether oxygens (including phenoxy) is 1. The Morgan fingerprint density at radius 2 is 1.73 bits per heavy atom. The monoisotopic (exact) mass is 412 g/mol. The van der Waals surface area contributed by atoms with E-state index in [9.17, 15) is 34.4 Å². The molecule has 0 spiro atoms. The number of fused-ring (bicyclic) bond motifs is 1. The summed E-state index contributed by atoms with van der Waals surface area (Å²) in [5.41, 5.74) is -0.249. The van der Waals surface area contributed by atoms with E-state index in [1.807, 2.05) is 0 Å². The summed E-state index contributed by atoms with van der Waals surface area (Å²) in [5, 5.41) is 20.8. The van der Waals surface area contributed by atoms with Gasteiger partial charge in [0.1, 0.15) is 0 Å². The van der Waals surface area contributed by atoms with Gasteiger partial charge in [0.15, 0.2) is 5.92 Å². The molecule has 2 aromatic rings. The summed E-state index contributed by atoms with van der Waals surface area (Å²) in [7, 11) is 0. The first-order chi connectivity index (χ1) is 14.3. The van der Waals surface area contributed by atoms with Crippen molar-refractivity contribution in [2.75, 3.05) is 6.61 Å². The Balaban J connectivity index is 2.00. The van der Waals surface area contributed by atoms with Crippen molar-refractivity contribution < 1.29 is 33.9 Å². The Labute approximate surface area is 169 Å². The minimum absolute atomic E-state index is 0.106. The Morgan fingerprint density at radius 3 is 2.23 bits per heavy atom. The predicted octanol–water partition coefficient (Wildman–Crippen LogP) is 2.12. The molecule has 0 saturated heterocycles. The Morgan fingerprint density at radius 1 is 1.13 bits per heavy atom.